The summed E-state index contributed by atoms with van der Waals surface area (Å²) < 4.78 is 2.23. The van der Waals surface area contributed by atoms with Crippen molar-refractivity contribution < 1.29 is 4.79 Å². The van der Waals surface area contributed by atoms with Gasteiger partial charge in [0.05, 0.1) is 21.7 Å². The number of amides is 1. The molecule has 0 bridgehead atoms. The van der Waals surface area contributed by atoms with Gasteiger partial charge in [-0.15, -0.1) is 0 Å². The van der Waals surface area contributed by atoms with Crippen molar-refractivity contribution in [1.82, 2.24) is 9.47 Å². The van der Waals surface area contributed by atoms with E-state index in [9.17, 15) is 9.59 Å². The molecule has 2 aliphatic heterocycles. The van der Waals surface area contributed by atoms with Gasteiger partial charge in [0.25, 0.3) is 11.5 Å². The first-order valence-corrected chi connectivity index (χ1v) is 11.7. The molecule has 158 valence electrons. The maximum Gasteiger partial charge on any atom is 0.266 e. The maximum absolute atomic E-state index is 13.4. The van der Waals surface area contributed by atoms with Crippen LogP contribution in [-0.2, 0) is 11.8 Å². The van der Waals surface area contributed by atoms with Crippen molar-refractivity contribution in [2.75, 3.05) is 18.0 Å². The number of para-hydroxylation sites is 1. The predicted octanol–water partition coefficient (Wildman–Crippen LogP) is 4.38. The van der Waals surface area contributed by atoms with E-state index in [4.69, 9.17) is 12.2 Å². The molecule has 2 saturated heterocycles. The van der Waals surface area contributed by atoms with Crippen LogP contribution in [0.25, 0.3) is 17.0 Å². The lowest BCUT2D eigenvalue weighted by Crippen LogP contribution is -2.36. The number of benzene rings is 1. The number of thioether (sulfide) groups is 1. The second-order valence-electron chi connectivity index (χ2n) is 8.46. The molecule has 2 aromatic rings. The third-order valence-corrected chi connectivity index (χ3v) is 7.36. The van der Waals surface area contributed by atoms with Gasteiger partial charge in [-0.1, -0.05) is 49.1 Å². The standard InChI is InChI=1S/C23H27N3O2S2/c1-14(2)26-22(28)19(30-23(26)29)13-17-20(25-11-9-15(3)10-12-25)16-7-5-6-8-18(16)24(4)21(17)27/h5-8,13-15H,9-12H2,1-4H3. The van der Waals surface area contributed by atoms with E-state index in [-0.39, 0.29) is 17.5 Å². The molecule has 0 radical (unpaired) electrons. The van der Waals surface area contributed by atoms with Crippen LogP contribution in [0.4, 0.5) is 5.69 Å². The highest BCUT2D eigenvalue weighted by molar-refractivity contribution is 8.26. The van der Waals surface area contributed by atoms with Crippen molar-refractivity contribution in [3.8, 4) is 0 Å². The van der Waals surface area contributed by atoms with Gasteiger partial charge in [0.1, 0.15) is 4.32 Å². The van der Waals surface area contributed by atoms with Crippen molar-refractivity contribution in [1.29, 1.82) is 0 Å². The number of pyridine rings is 1. The van der Waals surface area contributed by atoms with Crippen LogP contribution in [0.15, 0.2) is 34.0 Å². The summed E-state index contributed by atoms with van der Waals surface area (Å²) in [5.41, 5.74) is 2.34. The third kappa shape index (κ3) is 3.58. The monoisotopic (exact) mass is 441 g/mol. The van der Waals surface area contributed by atoms with Gasteiger partial charge in [-0.05, 0) is 44.7 Å². The molecule has 0 N–H and O–H groups in total. The molecule has 5 nitrogen and oxygen atoms in total. The topological polar surface area (TPSA) is 45.6 Å². The lowest BCUT2D eigenvalue weighted by Gasteiger charge is -2.34. The molecule has 0 unspecified atom stereocenters. The van der Waals surface area contributed by atoms with Gasteiger partial charge in [-0.2, -0.15) is 0 Å². The number of thiocarbonyl (C=S) groups is 1. The maximum atomic E-state index is 13.4. The number of hydrogen-bond acceptors (Lipinski definition) is 5. The van der Waals surface area contributed by atoms with Crippen molar-refractivity contribution >= 4 is 56.9 Å². The van der Waals surface area contributed by atoms with Crippen molar-refractivity contribution in [2.45, 2.75) is 39.7 Å². The average molecular weight is 442 g/mol. The SMILES string of the molecule is CC1CCN(c2c(C=C3SC(=S)N(C(C)C)C3=O)c(=O)n(C)c3ccccc23)CC1. The fourth-order valence-corrected chi connectivity index (χ4v) is 5.77. The first kappa shape index (κ1) is 21.1. The fourth-order valence-electron chi connectivity index (χ4n) is 4.26. The normalized spacial score (nSPS) is 19.7. The van der Waals surface area contributed by atoms with E-state index in [2.05, 4.69) is 17.9 Å². The zero-order valence-electron chi connectivity index (χ0n) is 17.8. The zero-order valence-corrected chi connectivity index (χ0v) is 19.5. The summed E-state index contributed by atoms with van der Waals surface area (Å²) in [7, 11) is 1.80. The van der Waals surface area contributed by atoms with Crippen LogP contribution >= 0.6 is 24.0 Å². The Labute approximate surface area is 186 Å². The fraction of sp³-hybridized carbons (Fsp3) is 0.435. The molecule has 0 saturated carbocycles. The number of aryl methyl sites for hydroxylation is 1. The molecule has 2 aliphatic rings. The molecule has 30 heavy (non-hydrogen) atoms. The molecule has 3 heterocycles. The van der Waals surface area contributed by atoms with Crippen LogP contribution in [0.2, 0.25) is 0 Å². The number of fused-ring (bicyclic) bond motifs is 1. The van der Waals surface area contributed by atoms with E-state index in [1.165, 1.54) is 11.8 Å². The molecule has 0 spiro atoms. The molecule has 1 amide bonds. The number of anilines is 1. The van der Waals surface area contributed by atoms with Gasteiger partial charge in [-0.3, -0.25) is 14.5 Å². The summed E-state index contributed by atoms with van der Waals surface area (Å²) in [6.07, 6.45) is 3.96. The van der Waals surface area contributed by atoms with Gasteiger partial charge in [0, 0.05) is 31.6 Å². The second kappa shape index (κ2) is 8.19. The number of hydrogen-bond donors (Lipinski definition) is 0. The van der Waals surface area contributed by atoms with Crippen molar-refractivity contribution in [3.05, 3.63) is 45.1 Å². The molecule has 0 atom stereocenters. The van der Waals surface area contributed by atoms with Crippen molar-refractivity contribution in [3.63, 3.8) is 0 Å². The van der Waals surface area contributed by atoms with Crippen LogP contribution in [-0.4, -0.2) is 38.8 Å². The van der Waals surface area contributed by atoms with Crippen LogP contribution in [0.5, 0.6) is 0 Å². The Kier molecular flexibility index (Phi) is 5.77. The summed E-state index contributed by atoms with van der Waals surface area (Å²) >= 11 is 6.71. The summed E-state index contributed by atoms with van der Waals surface area (Å²) in [6.45, 7) is 7.99. The number of carbonyl (C=O) groups is 1. The highest BCUT2D eigenvalue weighted by Crippen LogP contribution is 2.37. The lowest BCUT2D eigenvalue weighted by molar-refractivity contribution is -0.123. The molecular formula is C23H27N3O2S2. The third-order valence-electron chi connectivity index (χ3n) is 6.03. The van der Waals surface area contributed by atoms with Crippen LogP contribution in [0.3, 0.4) is 0 Å². The number of carbonyl (C=O) groups excluding carboxylic acids is 1. The zero-order chi connectivity index (χ0) is 21.6. The second-order valence-corrected chi connectivity index (χ2v) is 10.1. The van der Waals surface area contributed by atoms with E-state index >= 15 is 0 Å². The smallest absolute Gasteiger partial charge is 0.266 e. The van der Waals surface area contributed by atoms with Crippen LogP contribution in [0, 0.1) is 5.92 Å². The number of piperidine rings is 1. The minimum Gasteiger partial charge on any atom is -0.370 e. The summed E-state index contributed by atoms with van der Waals surface area (Å²) in [4.78, 5) is 30.9. The van der Waals surface area contributed by atoms with Gasteiger partial charge < -0.3 is 9.47 Å². The Hall–Kier alpha value is -2.12. The van der Waals surface area contributed by atoms with Crippen LogP contribution < -0.4 is 10.5 Å². The summed E-state index contributed by atoms with van der Waals surface area (Å²) in [5.74, 6) is 0.568. The number of aromatic nitrogens is 1. The Morgan fingerprint density at radius 1 is 1.17 bits per heavy atom. The first-order chi connectivity index (χ1) is 14.3. The largest absolute Gasteiger partial charge is 0.370 e. The Balaban J connectivity index is 1.92. The Morgan fingerprint density at radius 3 is 2.47 bits per heavy atom. The highest BCUT2D eigenvalue weighted by Gasteiger charge is 2.34. The van der Waals surface area contributed by atoms with E-state index in [1.807, 2.05) is 32.0 Å². The van der Waals surface area contributed by atoms with Crippen LogP contribution in [0.1, 0.15) is 39.2 Å². The quantitative estimate of drug-likeness (QED) is 0.522. The minimum atomic E-state index is -0.117. The van der Waals surface area contributed by atoms with Gasteiger partial charge in [-0.25, -0.2) is 0 Å². The molecule has 7 heteroatoms. The van der Waals surface area contributed by atoms with Gasteiger partial charge in [0.15, 0.2) is 0 Å². The Bertz CT molecular complexity index is 1110. The first-order valence-electron chi connectivity index (χ1n) is 10.4. The molecule has 0 aliphatic carbocycles. The lowest BCUT2D eigenvalue weighted by atomic mass is 9.97. The number of nitrogens with zero attached hydrogens (tertiary/aromatic N) is 3. The molecule has 1 aromatic heterocycles. The van der Waals surface area contributed by atoms with Crippen molar-refractivity contribution in [2.24, 2.45) is 13.0 Å². The molecule has 1 aromatic carbocycles. The Morgan fingerprint density at radius 2 is 1.83 bits per heavy atom. The summed E-state index contributed by atoms with van der Waals surface area (Å²) in [6, 6.07) is 8.00. The molecule has 2 fully saturated rings. The molecule has 4 rings (SSSR count). The van der Waals surface area contributed by atoms with E-state index < -0.39 is 0 Å². The minimum absolute atomic E-state index is 0.00844. The number of rotatable bonds is 3. The highest BCUT2D eigenvalue weighted by atomic mass is 32.2. The van der Waals surface area contributed by atoms with Gasteiger partial charge in [0.2, 0.25) is 0 Å². The summed E-state index contributed by atoms with van der Waals surface area (Å²) in [5, 5.41) is 1.04. The predicted molar refractivity (Wildman–Crippen MR) is 130 cm³/mol. The van der Waals surface area contributed by atoms with E-state index in [0.717, 1.165) is 42.5 Å². The molecular weight excluding hydrogens is 414 g/mol. The van der Waals surface area contributed by atoms with E-state index in [0.29, 0.717) is 20.7 Å². The average Bonchev–Trinajstić information content (AvgIpc) is 3.00. The van der Waals surface area contributed by atoms with Gasteiger partial charge >= 0.3 is 0 Å². The van der Waals surface area contributed by atoms with E-state index in [1.54, 1.807) is 22.6 Å².